The van der Waals surface area contributed by atoms with E-state index in [1.807, 2.05) is 0 Å². The molecule has 0 amide bonds. The fraction of sp³-hybridized carbons (Fsp3) is 0.250. The first-order valence-electron chi connectivity index (χ1n) is 3.69. The molecule has 0 aliphatic heterocycles. The normalized spacial score (nSPS) is 10.5. The number of carbonyl (C=O) groups is 1. The van der Waals surface area contributed by atoms with Crippen molar-refractivity contribution in [2.24, 2.45) is 0 Å². The van der Waals surface area contributed by atoms with E-state index < -0.39 is 17.2 Å². The van der Waals surface area contributed by atoms with Gasteiger partial charge in [0, 0.05) is 0 Å². The summed E-state index contributed by atoms with van der Waals surface area (Å²) < 4.78 is 29.5. The van der Waals surface area contributed by atoms with Crippen LogP contribution in [0.2, 0.25) is 0 Å². The van der Waals surface area contributed by atoms with Gasteiger partial charge in [-0.05, 0) is 33.6 Å². The first kappa shape index (κ1) is 12.3. The Bertz CT molecular complexity index is 400. The summed E-state index contributed by atoms with van der Waals surface area (Å²) in [7, 11) is 1.26. The molecule has 1 aromatic rings. The molecule has 0 N–H and O–H groups in total. The second kappa shape index (κ2) is 4.85. The van der Waals surface area contributed by atoms with Gasteiger partial charge in [0.05, 0.1) is 18.2 Å². The van der Waals surface area contributed by atoms with E-state index in [0.717, 1.165) is 6.07 Å². The van der Waals surface area contributed by atoms with Gasteiger partial charge in [0.1, 0.15) is 4.60 Å². The number of aromatic nitrogens is 1. The van der Waals surface area contributed by atoms with Crippen molar-refractivity contribution >= 4 is 32.8 Å². The van der Waals surface area contributed by atoms with E-state index in [-0.39, 0.29) is 16.0 Å². The zero-order valence-corrected chi connectivity index (χ0v) is 9.77. The summed E-state index contributed by atoms with van der Waals surface area (Å²) in [5.74, 6) is -0.0914. The summed E-state index contributed by atoms with van der Waals surface area (Å²) in [4.78, 5) is 14.5. The van der Waals surface area contributed by atoms with E-state index in [2.05, 4.69) is 20.9 Å². The van der Waals surface area contributed by atoms with Gasteiger partial charge in [-0.15, -0.1) is 0 Å². The molecule has 1 rings (SSSR count). The van der Waals surface area contributed by atoms with Crippen molar-refractivity contribution in [1.82, 2.24) is 4.98 Å². The Morgan fingerprint density at radius 2 is 2.27 bits per heavy atom. The molecule has 7 heteroatoms. The second-order valence-corrected chi connectivity index (χ2v) is 3.59. The first-order valence-corrected chi connectivity index (χ1v) is 4.87. The third-order valence-electron chi connectivity index (χ3n) is 1.61. The Hall–Kier alpha value is -0.750. The van der Waals surface area contributed by atoms with Crippen LogP contribution in [-0.2, 0) is 0 Å². The Balaban J connectivity index is 3.37. The topological polar surface area (TPSA) is 39.2 Å². The maximum absolute atomic E-state index is 12.4. The molecule has 0 saturated carbocycles. The SMILES string of the molecule is COc1nc(Br)c(C(F)F)cc1C(=O)Cl. The zero-order valence-electron chi connectivity index (χ0n) is 7.43. The average molecular weight is 300 g/mol. The minimum atomic E-state index is -2.74. The Kier molecular flexibility index (Phi) is 3.98. The van der Waals surface area contributed by atoms with Crippen LogP contribution in [0.4, 0.5) is 8.78 Å². The highest BCUT2D eigenvalue weighted by atomic mass is 79.9. The summed E-state index contributed by atoms with van der Waals surface area (Å²) in [5, 5.41) is -0.895. The summed E-state index contributed by atoms with van der Waals surface area (Å²) >= 11 is 8.04. The van der Waals surface area contributed by atoms with E-state index in [4.69, 9.17) is 16.3 Å². The van der Waals surface area contributed by atoms with Gasteiger partial charge in [0.15, 0.2) is 0 Å². The molecule has 0 spiro atoms. The van der Waals surface area contributed by atoms with Crippen molar-refractivity contribution in [2.45, 2.75) is 6.43 Å². The van der Waals surface area contributed by atoms with Gasteiger partial charge in [0.2, 0.25) is 5.88 Å². The van der Waals surface area contributed by atoms with Crippen molar-refractivity contribution in [2.75, 3.05) is 7.11 Å². The van der Waals surface area contributed by atoms with Crippen LogP contribution < -0.4 is 4.74 Å². The molecule has 1 aromatic heterocycles. The highest BCUT2D eigenvalue weighted by molar-refractivity contribution is 9.10. The summed E-state index contributed by atoms with van der Waals surface area (Å²) in [6.07, 6.45) is -2.74. The number of ether oxygens (including phenoxy) is 1. The zero-order chi connectivity index (χ0) is 11.6. The van der Waals surface area contributed by atoms with Crippen LogP contribution in [0.15, 0.2) is 10.7 Å². The largest absolute Gasteiger partial charge is 0.480 e. The molecular weight excluding hydrogens is 295 g/mol. The van der Waals surface area contributed by atoms with Crippen LogP contribution >= 0.6 is 27.5 Å². The van der Waals surface area contributed by atoms with Gasteiger partial charge in [-0.1, -0.05) is 0 Å². The van der Waals surface area contributed by atoms with Crippen molar-refractivity contribution in [3.8, 4) is 5.88 Å². The molecule has 0 bridgehead atoms. The van der Waals surface area contributed by atoms with Crippen LogP contribution in [0.1, 0.15) is 22.3 Å². The molecule has 1 heterocycles. The van der Waals surface area contributed by atoms with E-state index in [0.29, 0.717) is 0 Å². The lowest BCUT2D eigenvalue weighted by atomic mass is 10.2. The quantitative estimate of drug-likeness (QED) is 0.636. The fourth-order valence-corrected chi connectivity index (χ4v) is 1.52. The smallest absolute Gasteiger partial charge is 0.266 e. The first-order chi connectivity index (χ1) is 6.97. The highest BCUT2D eigenvalue weighted by Gasteiger charge is 2.20. The van der Waals surface area contributed by atoms with Gasteiger partial charge in [0.25, 0.3) is 11.7 Å². The third kappa shape index (κ3) is 2.63. The fourth-order valence-electron chi connectivity index (χ4n) is 0.940. The molecule has 0 fully saturated rings. The predicted octanol–water partition coefficient (Wildman–Crippen LogP) is 3.17. The molecule has 3 nitrogen and oxygen atoms in total. The molecule has 82 valence electrons. The Labute approximate surface area is 97.5 Å². The molecule has 0 aliphatic carbocycles. The number of halogens is 4. The van der Waals surface area contributed by atoms with Crippen LogP contribution in [-0.4, -0.2) is 17.3 Å². The van der Waals surface area contributed by atoms with Crippen LogP contribution in [0.25, 0.3) is 0 Å². The summed E-state index contributed by atoms with van der Waals surface area (Å²) in [6.45, 7) is 0. The monoisotopic (exact) mass is 299 g/mol. The van der Waals surface area contributed by atoms with Crippen molar-refractivity contribution < 1.29 is 18.3 Å². The number of nitrogens with zero attached hydrogens (tertiary/aromatic N) is 1. The number of hydrogen-bond acceptors (Lipinski definition) is 3. The lowest BCUT2D eigenvalue weighted by molar-refractivity contribution is 0.107. The molecule has 0 aliphatic rings. The van der Waals surface area contributed by atoms with Gasteiger partial charge in [-0.25, -0.2) is 13.8 Å². The highest BCUT2D eigenvalue weighted by Crippen LogP contribution is 2.31. The van der Waals surface area contributed by atoms with Gasteiger partial charge >= 0.3 is 0 Å². The molecule has 15 heavy (non-hydrogen) atoms. The van der Waals surface area contributed by atoms with Crippen LogP contribution in [0, 0.1) is 0 Å². The lowest BCUT2D eigenvalue weighted by Crippen LogP contribution is -2.02. The molecule has 0 atom stereocenters. The van der Waals surface area contributed by atoms with E-state index in [9.17, 15) is 13.6 Å². The van der Waals surface area contributed by atoms with Crippen molar-refractivity contribution in [3.63, 3.8) is 0 Å². The molecular formula is C8H5BrClF2NO2. The predicted molar refractivity (Wildman–Crippen MR) is 53.6 cm³/mol. The minimum Gasteiger partial charge on any atom is -0.480 e. The van der Waals surface area contributed by atoms with Gasteiger partial charge in [-0.3, -0.25) is 4.79 Å². The lowest BCUT2D eigenvalue weighted by Gasteiger charge is -2.08. The number of hydrogen-bond donors (Lipinski definition) is 0. The van der Waals surface area contributed by atoms with E-state index in [1.54, 1.807) is 0 Å². The number of rotatable bonds is 3. The molecule has 0 aromatic carbocycles. The van der Waals surface area contributed by atoms with E-state index in [1.165, 1.54) is 7.11 Å². The van der Waals surface area contributed by atoms with Crippen LogP contribution in [0.3, 0.4) is 0 Å². The number of alkyl halides is 2. The summed E-state index contributed by atoms with van der Waals surface area (Å²) in [6, 6.07) is 0.954. The van der Waals surface area contributed by atoms with Crippen LogP contribution in [0.5, 0.6) is 5.88 Å². The van der Waals surface area contributed by atoms with Gasteiger partial charge < -0.3 is 4.74 Å². The number of pyridine rings is 1. The Morgan fingerprint density at radius 3 is 2.67 bits per heavy atom. The summed E-state index contributed by atoms with van der Waals surface area (Å²) in [5.41, 5.74) is -0.586. The second-order valence-electron chi connectivity index (χ2n) is 2.50. The molecule has 0 saturated heterocycles. The number of carbonyl (C=O) groups excluding carboxylic acids is 1. The maximum atomic E-state index is 12.4. The maximum Gasteiger partial charge on any atom is 0.266 e. The average Bonchev–Trinajstić information content (AvgIpc) is 2.16. The van der Waals surface area contributed by atoms with Crippen molar-refractivity contribution in [3.05, 3.63) is 21.8 Å². The van der Waals surface area contributed by atoms with E-state index >= 15 is 0 Å². The molecule has 0 radical (unpaired) electrons. The Morgan fingerprint density at radius 1 is 1.67 bits per heavy atom. The minimum absolute atomic E-state index is 0.0731. The van der Waals surface area contributed by atoms with Crippen molar-refractivity contribution in [1.29, 1.82) is 0 Å². The molecule has 0 unspecified atom stereocenters. The van der Waals surface area contributed by atoms with Gasteiger partial charge in [-0.2, -0.15) is 0 Å². The standard InChI is InChI=1S/C8H5BrClF2NO2/c1-15-8-4(6(10)14)2-3(7(11)12)5(9)13-8/h2,7H,1H3. The third-order valence-corrected chi connectivity index (χ3v) is 2.45. The number of methoxy groups -OCH3 is 1.